The van der Waals surface area contributed by atoms with Crippen LogP contribution < -0.4 is 14.8 Å². The van der Waals surface area contributed by atoms with Crippen LogP contribution in [0.15, 0.2) is 48.5 Å². The number of ether oxygens (including phenoxy) is 3. The summed E-state index contributed by atoms with van der Waals surface area (Å²) in [6, 6.07) is 16.1. The zero-order valence-corrected chi connectivity index (χ0v) is 18.6. The topological polar surface area (TPSA) is 60.0 Å². The summed E-state index contributed by atoms with van der Waals surface area (Å²) >= 11 is 0. The van der Waals surface area contributed by atoms with Crippen LogP contribution in [0.3, 0.4) is 0 Å². The molecule has 0 radical (unpaired) electrons. The van der Waals surface area contributed by atoms with Gasteiger partial charge in [-0.2, -0.15) is 0 Å². The summed E-state index contributed by atoms with van der Waals surface area (Å²) in [4.78, 5) is 15.1. The van der Waals surface area contributed by atoms with E-state index in [1.54, 1.807) is 7.11 Å². The van der Waals surface area contributed by atoms with Crippen molar-refractivity contribution in [2.45, 2.75) is 51.0 Å². The molecule has 31 heavy (non-hydrogen) atoms. The lowest BCUT2D eigenvalue weighted by molar-refractivity contribution is -0.125. The first-order valence-corrected chi connectivity index (χ1v) is 11.0. The average molecular weight is 425 g/mol. The summed E-state index contributed by atoms with van der Waals surface area (Å²) in [7, 11) is 1.67. The first-order valence-electron chi connectivity index (χ1n) is 11.0. The second-order valence-electron chi connectivity index (χ2n) is 8.99. The Morgan fingerprint density at radius 1 is 1.19 bits per heavy atom. The Morgan fingerprint density at radius 3 is 2.77 bits per heavy atom. The number of rotatable bonds is 5. The van der Waals surface area contributed by atoms with Gasteiger partial charge in [0.05, 0.1) is 19.3 Å². The van der Waals surface area contributed by atoms with Crippen molar-refractivity contribution in [1.29, 1.82) is 0 Å². The largest absolute Gasteiger partial charge is 0.496 e. The zero-order chi connectivity index (χ0) is 21.8. The molecule has 1 saturated heterocycles. The number of amides is 1. The van der Waals surface area contributed by atoms with E-state index in [-0.39, 0.29) is 23.7 Å². The Balaban J connectivity index is 1.51. The number of nitrogens with one attached hydrogen (secondary N) is 1. The second kappa shape index (κ2) is 9.28. The number of benzene rings is 2. The van der Waals surface area contributed by atoms with Gasteiger partial charge >= 0.3 is 0 Å². The van der Waals surface area contributed by atoms with Crippen molar-refractivity contribution in [3.05, 3.63) is 59.7 Å². The number of carbonyl (C=O) groups is 1. The first kappa shape index (κ1) is 21.7. The fourth-order valence-corrected chi connectivity index (χ4v) is 4.53. The molecule has 0 saturated carbocycles. The van der Waals surface area contributed by atoms with Crippen molar-refractivity contribution in [3.8, 4) is 11.5 Å². The number of hydrogen-bond donors (Lipinski definition) is 1. The van der Waals surface area contributed by atoms with Crippen LogP contribution in [0.2, 0.25) is 0 Å². The van der Waals surface area contributed by atoms with Crippen molar-refractivity contribution in [2.24, 2.45) is 0 Å². The molecule has 166 valence electrons. The van der Waals surface area contributed by atoms with Gasteiger partial charge in [0.1, 0.15) is 17.6 Å². The van der Waals surface area contributed by atoms with E-state index in [1.165, 1.54) is 0 Å². The van der Waals surface area contributed by atoms with Crippen molar-refractivity contribution < 1.29 is 19.0 Å². The minimum absolute atomic E-state index is 0.0425. The summed E-state index contributed by atoms with van der Waals surface area (Å²) < 4.78 is 17.8. The molecule has 1 N–H and O–H groups in total. The molecular weight excluding hydrogens is 392 g/mol. The molecule has 2 heterocycles. The molecule has 1 amide bonds. The van der Waals surface area contributed by atoms with Gasteiger partial charge in [-0.05, 0) is 38.8 Å². The summed E-state index contributed by atoms with van der Waals surface area (Å²) in [5.74, 6) is 1.69. The molecule has 0 aromatic heterocycles. The second-order valence-corrected chi connectivity index (χ2v) is 8.99. The van der Waals surface area contributed by atoms with Gasteiger partial charge in [-0.1, -0.05) is 36.4 Å². The Bertz CT molecular complexity index is 914. The standard InChI is InChI=1S/C25H32N2O4/c1-25(2)14-19(12-13-30-25)26-24(28)17-27-15-18-8-4-6-10-21(18)31-23(16-27)20-9-5-7-11-22(20)29-3/h4-11,19,23H,12-17H2,1-3H3,(H,26,28). The lowest BCUT2D eigenvalue weighted by Gasteiger charge is -2.36. The Morgan fingerprint density at radius 2 is 1.97 bits per heavy atom. The quantitative estimate of drug-likeness (QED) is 0.793. The minimum atomic E-state index is -0.227. The fourth-order valence-electron chi connectivity index (χ4n) is 4.53. The SMILES string of the molecule is COc1ccccc1C1CN(CC(=O)NC2CCOC(C)(C)C2)Cc2ccccc2O1. The number of fused-ring (bicyclic) bond motifs is 1. The lowest BCUT2D eigenvalue weighted by atomic mass is 9.94. The van der Waals surface area contributed by atoms with Crippen molar-refractivity contribution in [1.82, 2.24) is 10.2 Å². The average Bonchev–Trinajstić information content (AvgIpc) is 2.91. The third kappa shape index (κ3) is 5.38. The Kier molecular flexibility index (Phi) is 6.49. The highest BCUT2D eigenvalue weighted by Gasteiger charge is 2.31. The van der Waals surface area contributed by atoms with E-state index in [9.17, 15) is 4.79 Å². The molecule has 6 heteroatoms. The van der Waals surface area contributed by atoms with Crippen LogP contribution >= 0.6 is 0 Å². The van der Waals surface area contributed by atoms with E-state index in [0.29, 0.717) is 26.2 Å². The highest BCUT2D eigenvalue weighted by Crippen LogP contribution is 2.34. The first-order chi connectivity index (χ1) is 14.9. The molecule has 2 unspecified atom stereocenters. The van der Waals surface area contributed by atoms with E-state index >= 15 is 0 Å². The summed E-state index contributed by atoms with van der Waals surface area (Å²) in [5, 5.41) is 3.22. The molecule has 2 aromatic rings. The van der Waals surface area contributed by atoms with Crippen molar-refractivity contribution in [2.75, 3.05) is 26.8 Å². The van der Waals surface area contributed by atoms with Gasteiger partial charge in [0.15, 0.2) is 0 Å². The van der Waals surface area contributed by atoms with Crippen LogP contribution in [0.1, 0.15) is 43.9 Å². The maximum absolute atomic E-state index is 12.9. The molecule has 0 bridgehead atoms. The Labute approximate surface area is 184 Å². The Hall–Kier alpha value is -2.57. The van der Waals surface area contributed by atoms with Crippen LogP contribution in [0.4, 0.5) is 0 Å². The fraction of sp³-hybridized carbons (Fsp3) is 0.480. The number of methoxy groups -OCH3 is 1. The van der Waals surface area contributed by atoms with Gasteiger partial charge in [-0.25, -0.2) is 0 Å². The van der Waals surface area contributed by atoms with Gasteiger partial charge in [0, 0.05) is 36.9 Å². The normalized spacial score (nSPS) is 23.2. The molecule has 2 aromatic carbocycles. The molecular formula is C25H32N2O4. The maximum Gasteiger partial charge on any atom is 0.234 e. The number of hydrogen-bond acceptors (Lipinski definition) is 5. The number of carbonyl (C=O) groups excluding carboxylic acids is 1. The van der Waals surface area contributed by atoms with Crippen molar-refractivity contribution >= 4 is 5.91 Å². The molecule has 1 fully saturated rings. The summed E-state index contributed by atoms with van der Waals surface area (Å²) in [6.07, 6.45) is 1.45. The van der Waals surface area contributed by atoms with Crippen LogP contribution in [-0.2, 0) is 16.1 Å². The van der Waals surface area contributed by atoms with E-state index in [4.69, 9.17) is 14.2 Å². The monoisotopic (exact) mass is 424 g/mol. The van der Waals surface area contributed by atoms with E-state index in [2.05, 4.69) is 30.1 Å². The van der Waals surface area contributed by atoms with Crippen molar-refractivity contribution in [3.63, 3.8) is 0 Å². The van der Waals surface area contributed by atoms with Crippen LogP contribution in [-0.4, -0.2) is 49.3 Å². The van der Waals surface area contributed by atoms with Gasteiger partial charge in [-0.15, -0.1) is 0 Å². The number of nitrogens with zero attached hydrogens (tertiary/aromatic N) is 1. The highest BCUT2D eigenvalue weighted by molar-refractivity contribution is 5.78. The maximum atomic E-state index is 12.9. The van der Waals surface area contributed by atoms with Gasteiger partial charge < -0.3 is 19.5 Å². The van der Waals surface area contributed by atoms with Gasteiger partial charge in [0.2, 0.25) is 5.91 Å². The summed E-state index contributed by atoms with van der Waals surface area (Å²) in [5.41, 5.74) is 1.87. The van der Waals surface area contributed by atoms with Crippen LogP contribution in [0, 0.1) is 0 Å². The molecule has 0 spiro atoms. The molecule has 0 aliphatic carbocycles. The van der Waals surface area contributed by atoms with E-state index < -0.39 is 0 Å². The third-order valence-electron chi connectivity index (χ3n) is 5.98. The third-order valence-corrected chi connectivity index (χ3v) is 5.98. The highest BCUT2D eigenvalue weighted by atomic mass is 16.5. The summed E-state index contributed by atoms with van der Waals surface area (Å²) in [6.45, 7) is 6.41. The van der Waals surface area contributed by atoms with Crippen LogP contribution in [0.25, 0.3) is 0 Å². The van der Waals surface area contributed by atoms with Gasteiger partial charge in [0.25, 0.3) is 0 Å². The molecule has 4 rings (SSSR count). The molecule has 2 aliphatic rings. The molecule has 6 nitrogen and oxygen atoms in total. The predicted molar refractivity (Wildman–Crippen MR) is 119 cm³/mol. The minimum Gasteiger partial charge on any atom is -0.496 e. The smallest absolute Gasteiger partial charge is 0.234 e. The van der Waals surface area contributed by atoms with E-state index in [1.807, 2.05) is 42.5 Å². The zero-order valence-electron chi connectivity index (χ0n) is 18.6. The van der Waals surface area contributed by atoms with Crippen LogP contribution in [0.5, 0.6) is 11.5 Å². The van der Waals surface area contributed by atoms with E-state index in [0.717, 1.165) is 35.5 Å². The lowest BCUT2D eigenvalue weighted by Crippen LogP contribution is -2.48. The van der Waals surface area contributed by atoms with Gasteiger partial charge in [-0.3, -0.25) is 9.69 Å². The molecule has 2 aliphatic heterocycles. The predicted octanol–water partition coefficient (Wildman–Crippen LogP) is 3.70. The molecule has 2 atom stereocenters. The number of para-hydroxylation sites is 2.